The molecule has 0 aromatic rings. The zero-order chi connectivity index (χ0) is 15.1. The van der Waals surface area contributed by atoms with Gasteiger partial charge in [-0.3, -0.25) is 9.59 Å². The molecule has 4 atom stereocenters. The van der Waals surface area contributed by atoms with Crippen LogP contribution in [0.25, 0.3) is 0 Å². The number of hydrogen-bond donors (Lipinski definition) is 3. The van der Waals surface area contributed by atoms with Gasteiger partial charge in [0.15, 0.2) is 0 Å². The normalized spacial score (nSPS) is 27.7. The smallest absolute Gasteiger partial charge is 0.242 e. The highest BCUT2D eigenvalue weighted by atomic mass is 16.5. The largest absolute Gasteiger partial charge is 0.383 e. The summed E-state index contributed by atoms with van der Waals surface area (Å²) >= 11 is 0. The minimum atomic E-state index is -0.537. The molecule has 4 unspecified atom stereocenters. The fourth-order valence-corrected chi connectivity index (χ4v) is 2.54. The molecule has 1 aliphatic carbocycles. The van der Waals surface area contributed by atoms with Crippen molar-refractivity contribution in [3.8, 4) is 0 Å². The highest BCUT2D eigenvalue weighted by molar-refractivity contribution is 5.88. The van der Waals surface area contributed by atoms with E-state index in [0.717, 1.165) is 12.8 Å². The van der Waals surface area contributed by atoms with Crippen LogP contribution in [0.15, 0.2) is 0 Å². The summed E-state index contributed by atoms with van der Waals surface area (Å²) in [5.74, 6) is -0.0308. The summed E-state index contributed by atoms with van der Waals surface area (Å²) in [5.41, 5.74) is 5.92. The number of ether oxygens (including phenoxy) is 1. The van der Waals surface area contributed by atoms with E-state index in [2.05, 4.69) is 17.6 Å². The lowest BCUT2D eigenvalue weighted by Crippen LogP contribution is -2.49. The van der Waals surface area contributed by atoms with Crippen LogP contribution in [-0.2, 0) is 14.3 Å². The second-order valence-corrected chi connectivity index (χ2v) is 5.67. The molecule has 6 heteroatoms. The van der Waals surface area contributed by atoms with Gasteiger partial charge in [-0.1, -0.05) is 6.92 Å². The molecular formula is C14H27N3O3. The summed E-state index contributed by atoms with van der Waals surface area (Å²) in [6, 6.07) is -0.447. The van der Waals surface area contributed by atoms with Gasteiger partial charge < -0.3 is 21.1 Å². The first kappa shape index (κ1) is 16.9. The van der Waals surface area contributed by atoms with Crippen LogP contribution in [0.3, 0.4) is 0 Å². The summed E-state index contributed by atoms with van der Waals surface area (Å²) in [6.07, 6.45) is 2.64. The minimum Gasteiger partial charge on any atom is -0.383 e. The van der Waals surface area contributed by atoms with Gasteiger partial charge in [-0.05, 0) is 32.1 Å². The molecule has 116 valence electrons. The third-order valence-corrected chi connectivity index (χ3v) is 3.93. The number of nitrogens with one attached hydrogen (secondary N) is 2. The predicted octanol–water partition coefficient (Wildman–Crippen LogP) is 0.0172. The van der Waals surface area contributed by atoms with Crippen molar-refractivity contribution in [3.63, 3.8) is 0 Å². The maximum absolute atomic E-state index is 12.2. The van der Waals surface area contributed by atoms with Gasteiger partial charge in [0.2, 0.25) is 11.8 Å². The van der Waals surface area contributed by atoms with Crippen LogP contribution in [-0.4, -0.2) is 44.2 Å². The summed E-state index contributed by atoms with van der Waals surface area (Å²) in [6.45, 7) is 4.66. The molecule has 1 rings (SSSR count). The molecule has 0 saturated heterocycles. The van der Waals surface area contributed by atoms with Gasteiger partial charge in [0, 0.05) is 25.6 Å². The molecule has 0 spiro atoms. The van der Waals surface area contributed by atoms with Crippen LogP contribution >= 0.6 is 0 Å². The zero-order valence-corrected chi connectivity index (χ0v) is 12.6. The number of carbonyl (C=O) groups excluding carboxylic acids is 2. The van der Waals surface area contributed by atoms with Crippen molar-refractivity contribution in [1.82, 2.24) is 10.6 Å². The van der Waals surface area contributed by atoms with Crippen LogP contribution in [0.2, 0.25) is 0 Å². The van der Waals surface area contributed by atoms with Crippen molar-refractivity contribution in [2.45, 2.75) is 45.2 Å². The number of rotatable bonds is 6. The number of amides is 2. The zero-order valence-electron chi connectivity index (χ0n) is 12.6. The van der Waals surface area contributed by atoms with E-state index in [0.29, 0.717) is 25.5 Å². The van der Waals surface area contributed by atoms with Crippen molar-refractivity contribution in [2.24, 2.45) is 17.6 Å². The van der Waals surface area contributed by atoms with Gasteiger partial charge in [-0.25, -0.2) is 0 Å². The molecule has 0 aromatic carbocycles. The molecular weight excluding hydrogens is 258 g/mol. The van der Waals surface area contributed by atoms with E-state index in [1.54, 1.807) is 14.0 Å². The predicted molar refractivity (Wildman–Crippen MR) is 77.0 cm³/mol. The Morgan fingerprint density at radius 3 is 2.75 bits per heavy atom. The average Bonchev–Trinajstić information content (AvgIpc) is 2.41. The second kappa shape index (κ2) is 8.21. The van der Waals surface area contributed by atoms with Crippen LogP contribution in [0.4, 0.5) is 0 Å². The fourth-order valence-electron chi connectivity index (χ4n) is 2.54. The van der Waals surface area contributed by atoms with Gasteiger partial charge in [-0.2, -0.15) is 0 Å². The van der Waals surface area contributed by atoms with E-state index in [1.165, 1.54) is 0 Å². The van der Waals surface area contributed by atoms with Crippen molar-refractivity contribution in [3.05, 3.63) is 0 Å². The van der Waals surface area contributed by atoms with Gasteiger partial charge in [0.1, 0.15) is 6.04 Å². The number of nitrogens with two attached hydrogens (primary N) is 1. The monoisotopic (exact) mass is 285 g/mol. The van der Waals surface area contributed by atoms with Crippen LogP contribution in [0.1, 0.15) is 33.1 Å². The first-order chi connectivity index (χ1) is 9.45. The van der Waals surface area contributed by atoms with E-state index in [9.17, 15) is 9.59 Å². The van der Waals surface area contributed by atoms with E-state index < -0.39 is 6.04 Å². The molecule has 1 saturated carbocycles. The first-order valence-corrected chi connectivity index (χ1v) is 7.28. The molecule has 4 N–H and O–H groups in total. The molecule has 1 fully saturated rings. The lowest BCUT2D eigenvalue weighted by atomic mass is 9.77. The van der Waals surface area contributed by atoms with E-state index in [4.69, 9.17) is 10.5 Å². The van der Waals surface area contributed by atoms with Gasteiger partial charge in [0.25, 0.3) is 0 Å². The van der Waals surface area contributed by atoms with Gasteiger partial charge in [-0.15, -0.1) is 0 Å². The third kappa shape index (κ3) is 5.09. The standard InChI is InChI=1S/C14H27N3O3/c1-9-4-5-11(15)8-12(9)14(19)17-10(2)13(18)16-6-7-20-3/h9-12H,4-8,15H2,1-3H3,(H,16,18)(H,17,19). The Kier molecular flexibility index (Phi) is 6.95. The molecule has 0 aromatic heterocycles. The molecule has 0 aliphatic heterocycles. The highest BCUT2D eigenvalue weighted by Crippen LogP contribution is 2.29. The van der Waals surface area contributed by atoms with E-state index in [-0.39, 0.29) is 23.8 Å². The van der Waals surface area contributed by atoms with E-state index >= 15 is 0 Å². The van der Waals surface area contributed by atoms with Crippen LogP contribution in [0.5, 0.6) is 0 Å². The molecule has 0 bridgehead atoms. The summed E-state index contributed by atoms with van der Waals surface area (Å²) in [4.78, 5) is 24.0. The summed E-state index contributed by atoms with van der Waals surface area (Å²) < 4.78 is 4.86. The maximum atomic E-state index is 12.2. The van der Waals surface area contributed by atoms with Crippen molar-refractivity contribution in [1.29, 1.82) is 0 Å². The number of carbonyl (C=O) groups is 2. The SMILES string of the molecule is COCCNC(=O)C(C)NC(=O)C1CC(N)CCC1C. The highest BCUT2D eigenvalue weighted by Gasteiger charge is 2.32. The van der Waals surface area contributed by atoms with Gasteiger partial charge >= 0.3 is 0 Å². The molecule has 20 heavy (non-hydrogen) atoms. The van der Waals surface area contributed by atoms with Crippen molar-refractivity contribution < 1.29 is 14.3 Å². The molecule has 2 amide bonds. The average molecular weight is 285 g/mol. The topological polar surface area (TPSA) is 93.5 Å². The molecule has 6 nitrogen and oxygen atoms in total. The van der Waals surface area contributed by atoms with Gasteiger partial charge in [0.05, 0.1) is 6.61 Å². The third-order valence-electron chi connectivity index (χ3n) is 3.93. The lowest BCUT2D eigenvalue weighted by molar-refractivity contribution is -0.132. The van der Waals surface area contributed by atoms with Crippen molar-refractivity contribution >= 4 is 11.8 Å². The second-order valence-electron chi connectivity index (χ2n) is 5.67. The summed E-state index contributed by atoms with van der Waals surface area (Å²) in [5, 5.41) is 5.49. The molecule has 0 radical (unpaired) electrons. The Labute approximate surface area is 120 Å². The lowest BCUT2D eigenvalue weighted by Gasteiger charge is -2.32. The Morgan fingerprint density at radius 2 is 2.10 bits per heavy atom. The Bertz CT molecular complexity index is 336. The van der Waals surface area contributed by atoms with Crippen LogP contribution in [0, 0.1) is 11.8 Å². The quantitative estimate of drug-likeness (QED) is 0.600. The molecule has 0 heterocycles. The number of methoxy groups -OCH3 is 1. The Hall–Kier alpha value is -1.14. The van der Waals surface area contributed by atoms with E-state index in [1.807, 2.05) is 0 Å². The van der Waals surface area contributed by atoms with Crippen molar-refractivity contribution in [2.75, 3.05) is 20.3 Å². The molecule has 1 aliphatic rings. The van der Waals surface area contributed by atoms with Crippen LogP contribution < -0.4 is 16.4 Å². The Balaban J connectivity index is 2.41. The minimum absolute atomic E-state index is 0.0676. The Morgan fingerprint density at radius 1 is 1.40 bits per heavy atom. The fraction of sp³-hybridized carbons (Fsp3) is 0.857. The summed E-state index contributed by atoms with van der Waals surface area (Å²) in [7, 11) is 1.57. The maximum Gasteiger partial charge on any atom is 0.242 e. The number of hydrogen-bond acceptors (Lipinski definition) is 4. The first-order valence-electron chi connectivity index (χ1n) is 7.28.